The van der Waals surface area contributed by atoms with Crippen molar-refractivity contribution in [3.05, 3.63) is 87.1 Å². The highest BCUT2D eigenvalue weighted by Crippen LogP contribution is 2.25. The van der Waals surface area contributed by atoms with E-state index in [1.807, 2.05) is 68.6 Å². The lowest BCUT2D eigenvalue weighted by atomic mass is 10.1. The fourth-order valence-corrected chi connectivity index (χ4v) is 3.70. The van der Waals surface area contributed by atoms with Gasteiger partial charge in [-0.3, -0.25) is 4.79 Å². The Morgan fingerprint density at radius 2 is 1.63 bits per heavy atom. The molecule has 27 heavy (non-hydrogen) atoms. The van der Waals surface area contributed by atoms with Crippen molar-refractivity contribution in [2.45, 2.75) is 26.9 Å². The summed E-state index contributed by atoms with van der Waals surface area (Å²) in [4.78, 5) is 26.0. The maximum Gasteiger partial charge on any atom is 0.349 e. The summed E-state index contributed by atoms with van der Waals surface area (Å²) in [5, 5.41) is 4.71. The molecular formula is C22H21NO3S. The summed E-state index contributed by atoms with van der Waals surface area (Å²) >= 11 is 1.31. The molecule has 0 unspecified atom stereocenters. The number of anilines is 1. The lowest BCUT2D eigenvalue weighted by Gasteiger charge is -2.18. The summed E-state index contributed by atoms with van der Waals surface area (Å²) < 4.78 is 5.62. The summed E-state index contributed by atoms with van der Waals surface area (Å²) in [5.74, 6) is -0.874. The van der Waals surface area contributed by atoms with E-state index >= 15 is 0 Å². The van der Waals surface area contributed by atoms with Crippen LogP contribution in [-0.2, 0) is 9.53 Å². The molecule has 1 N–H and O–H groups in total. The third kappa shape index (κ3) is 4.63. The van der Waals surface area contributed by atoms with Crippen molar-refractivity contribution in [2.24, 2.45) is 0 Å². The van der Waals surface area contributed by atoms with Crippen molar-refractivity contribution in [1.29, 1.82) is 0 Å². The first kappa shape index (κ1) is 18.9. The summed E-state index contributed by atoms with van der Waals surface area (Å²) in [6.45, 7) is 5.79. The smallest absolute Gasteiger partial charge is 0.349 e. The van der Waals surface area contributed by atoms with Gasteiger partial charge in [-0.15, -0.1) is 11.3 Å². The van der Waals surface area contributed by atoms with E-state index in [0.717, 1.165) is 16.7 Å². The Morgan fingerprint density at radius 3 is 2.22 bits per heavy atom. The number of benzene rings is 2. The lowest BCUT2D eigenvalue weighted by molar-refractivity contribution is -0.125. The van der Waals surface area contributed by atoms with Gasteiger partial charge >= 0.3 is 5.97 Å². The van der Waals surface area contributed by atoms with Crippen LogP contribution >= 0.6 is 11.3 Å². The van der Waals surface area contributed by atoms with E-state index in [-0.39, 0.29) is 5.91 Å². The minimum Gasteiger partial charge on any atom is -0.443 e. The van der Waals surface area contributed by atoms with Gasteiger partial charge in [0, 0.05) is 11.3 Å². The van der Waals surface area contributed by atoms with Crippen LogP contribution in [0.4, 0.5) is 5.69 Å². The second kappa shape index (κ2) is 8.18. The van der Waals surface area contributed by atoms with Crippen LogP contribution in [0.2, 0.25) is 0 Å². The first-order valence-electron chi connectivity index (χ1n) is 8.63. The van der Waals surface area contributed by atoms with Gasteiger partial charge in [0.25, 0.3) is 5.91 Å². The van der Waals surface area contributed by atoms with Crippen LogP contribution in [0.5, 0.6) is 0 Å². The molecule has 0 aliphatic rings. The minimum atomic E-state index is -1.03. The van der Waals surface area contributed by atoms with E-state index in [1.165, 1.54) is 11.3 Å². The highest BCUT2D eigenvalue weighted by atomic mass is 32.1. The van der Waals surface area contributed by atoms with Crippen molar-refractivity contribution in [3.8, 4) is 0 Å². The van der Waals surface area contributed by atoms with Gasteiger partial charge in [-0.25, -0.2) is 4.79 Å². The Morgan fingerprint density at radius 1 is 0.963 bits per heavy atom. The average Bonchev–Trinajstić information content (AvgIpc) is 3.05. The number of amides is 1. The fraction of sp³-hybridized carbons (Fsp3) is 0.182. The molecule has 1 aromatic heterocycles. The molecule has 0 radical (unpaired) electrons. The normalized spacial score (nSPS) is 11.7. The molecule has 0 aliphatic carbocycles. The second-order valence-electron chi connectivity index (χ2n) is 6.49. The molecule has 0 saturated carbocycles. The van der Waals surface area contributed by atoms with Crippen molar-refractivity contribution in [1.82, 2.24) is 0 Å². The largest absolute Gasteiger partial charge is 0.443 e. The zero-order valence-corrected chi connectivity index (χ0v) is 16.3. The predicted molar refractivity (Wildman–Crippen MR) is 108 cm³/mol. The quantitative estimate of drug-likeness (QED) is 0.619. The highest BCUT2D eigenvalue weighted by Gasteiger charge is 2.27. The molecule has 1 atom stereocenters. The number of esters is 1. The molecule has 0 spiro atoms. The molecule has 0 aliphatic heterocycles. The minimum absolute atomic E-state index is 0.381. The molecule has 0 bridgehead atoms. The van der Waals surface area contributed by atoms with Crippen LogP contribution in [0.1, 0.15) is 38.0 Å². The molecule has 138 valence electrons. The van der Waals surface area contributed by atoms with Gasteiger partial charge in [-0.2, -0.15) is 0 Å². The number of carbonyl (C=O) groups is 2. The number of rotatable bonds is 5. The molecule has 3 rings (SSSR count). The Bertz CT molecular complexity index is 942. The molecule has 0 fully saturated rings. The molecule has 5 heteroatoms. The molecule has 1 heterocycles. The van der Waals surface area contributed by atoms with Crippen LogP contribution in [0.3, 0.4) is 0 Å². The van der Waals surface area contributed by atoms with E-state index < -0.39 is 12.1 Å². The van der Waals surface area contributed by atoms with Crippen LogP contribution in [0.25, 0.3) is 0 Å². The molecular weight excluding hydrogens is 358 g/mol. The summed E-state index contributed by atoms with van der Waals surface area (Å²) in [5.41, 5.74) is 4.25. The van der Waals surface area contributed by atoms with Gasteiger partial charge in [0.05, 0.1) is 0 Å². The van der Waals surface area contributed by atoms with Crippen molar-refractivity contribution < 1.29 is 14.3 Å². The van der Waals surface area contributed by atoms with Gasteiger partial charge < -0.3 is 10.1 Å². The number of ether oxygens (including phenoxy) is 1. The standard InChI is InChI=1S/C22H21NO3S/c1-14-11-15(2)13-18(12-14)23-21(24)19(17-7-5-4-6-8-17)26-22(25)20-16(3)9-10-27-20/h4-13,19H,1-3H3,(H,23,24)/t19-/m1/s1. The highest BCUT2D eigenvalue weighted by molar-refractivity contribution is 7.12. The summed E-state index contributed by atoms with van der Waals surface area (Å²) in [6.07, 6.45) is -1.03. The summed E-state index contributed by atoms with van der Waals surface area (Å²) in [7, 11) is 0. The van der Waals surface area contributed by atoms with Crippen LogP contribution < -0.4 is 5.32 Å². The Kier molecular flexibility index (Phi) is 5.72. The van der Waals surface area contributed by atoms with Crippen molar-refractivity contribution in [2.75, 3.05) is 5.32 Å². The zero-order valence-electron chi connectivity index (χ0n) is 15.5. The van der Waals surface area contributed by atoms with Gasteiger partial charge in [0.2, 0.25) is 6.10 Å². The van der Waals surface area contributed by atoms with Crippen LogP contribution in [0.15, 0.2) is 60.0 Å². The first-order chi connectivity index (χ1) is 12.9. The first-order valence-corrected chi connectivity index (χ1v) is 9.51. The van der Waals surface area contributed by atoms with E-state index in [0.29, 0.717) is 16.1 Å². The number of aryl methyl sites for hydroxylation is 3. The van der Waals surface area contributed by atoms with Crippen molar-refractivity contribution >= 4 is 28.9 Å². The van der Waals surface area contributed by atoms with E-state index in [1.54, 1.807) is 12.1 Å². The van der Waals surface area contributed by atoms with E-state index in [2.05, 4.69) is 5.32 Å². The predicted octanol–water partition coefficient (Wildman–Crippen LogP) is 5.21. The van der Waals surface area contributed by atoms with Crippen LogP contribution in [-0.4, -0.2) is 11.9 Å². The maximum absolute atomic E-state index is 12.9. The average molecular weight is 379 g/mol. The van der Waals surface area contributed by atoms with Crippen LogP contribution in [0, 0.1) is 20.8 Å². The number of hydrogen-bond donors (Lipinski definition) is 1. The Balaban J connectivity index is 1.86. The van der Waals surface area contributed by atoms with E-state index in [9.17, 15) is 9.59 Å². The maximum atomic E-state index is 12.9. The monoisotopic (exact) mass is 379 g/mol. The van der Waals surface area contributed by atoms with Gasteiger partial charge in [-0.1, -0.05) is 36.4 Å². The molecule has 2 aromatic carbocycles. The Labute approximate surface area is 162 Å². The topological polar surface area (TPSA) is 55.4 Å². The summed E-state index contributed by atoms with van der Waals surface area (Å²) in [6, 6.07) is 16.7. The SMILES string of the molecule is Cc1cc(C)cc(NC(=O)[C@H](OC(=O)c2sccc2C)c2ccccc2)c1. The zero-order chi connectivity index (χ0) is 19.4. The van der Waals surface area contributed by atoms with Crippen molar-refractivity contribution in [3.63, 3.8) is 0 Å². The van der Waals surface area contributed by atoms with Gasteiger partial charge in [0.15, 0.2) is 0 Å². The van der Waals surface area contributed by atoms with E-state index in [4.69, 9.17) is 4.74 Å². The molecule has 3 aromatic rings. The second-order valence-corrected chi connectivity index (χ2v) is 7.41. The lowest BCUT2D eigenvalue weighted by Crippen LogP contribution is -2.26. The number of carbonyl (C=O) groups excluding carboxylic acids is 2. The molecule has 0 saturated heterocycles. The molecule has 1 amide bonds. The third-order valence-corrected chi connectivity index (χ3v) is 5.10. The van der Waals surface area contributed by atoms with Gasteiger partial charge in [-0.05, 0) is 61.0 Å². The fourth-order valence-electron chi connectivity index (χ4n) is 2.90. The number of nitrogens with one attached hydrogen (secondary N) is 1. The number of hydrogen-bond acceptors (Lipinski definition) is 4. The number of thiophene rings is 1. The third-order valence-electron chi connectivity index (χ3n) is 4.10. The Hall–Kier alpha value is -2.92. The van der Waals surface area contributed by atoms with Gasteiger partial charge in [0.1, 0.15) is 4.88 Å². The molecule has 4 nitrogen and oxygen atoms in total.